The zero-order chi connectivity index (χ0) is 13.5. The van der Waals surface area contributed by atoms with E-state index in [2.05, 4.69) is 10.6 Å². The van der Waals surface area contributed by atoms with Crippen molar-refractivity contribution in [1.29, 1.82) is 0 Å². The predicted octanol–water partition coefficient (Wildman–Crippen LogP) is 2.12. The normalized spacial score (nSPS) is 12.0. The van der Waals surface area contributed by atoms with E-state index in [9.17, 15) is 9.90 Å². The van der Waals surface area contributed by atoms with Crippen molar-refractivity contribution < 1.29 is 14.6 Å². The summed E-state index contributed by atoms with van der Waals surface area (Å²) in [5, 5.41) is 15.2. The van der Waals surface area contributed by atoms with Gasteiger partial charge in [-0.3, -0.25) is 0 Å². The van der Waals surface area contributed by atoms with Crippen LogP contribution in [0.5, 0.6) is 0 Å². The summed E-state index contributed by atoms with van der Waals surface area (Å²) in [6.07, 6.45) is -0.747. The van der Waals surface area contributed by atoms with Gasteiger partial charge in [-0.1, -0.05) is 23.2 Å². The van der Waals surface area contributed by atoms with Crippen molar-refractivity contribution in [2.45, 2.75) is 6.10 Å². The topological polar surface area (TPSA) is 70.6 Å². The molecule has 5 nitrogen and oxygen atoms in total. The number of ether oxygens (including phenoxy) is 1. The number of hydrogen-bond donors (Lipinski definition) is 3. The van der Waals surface area contributed by atoms with Crippen molar-refractivity contribution >= 4 is 34.9 Å². The van der Waals surface area contributed by atoms with E-state index in [1.165, 1.54) is 7.11 Å². The van der Waals surface area contributed by atoms with Crippen LogP contribution in [0.4, 0.5) is 10.5 Å². The van der Waals surface area contributed by atoms with Crippen molar-refractivity contribution in [2.24, 2.45) is 0 Å². The molecule has 0 heterocycles. The SMILES string of the molecule is COCC(O)CNC(=O)Nc1cc(Cl)cc(Cl)c1. The van der Waals surface area contributed by atoms with Gasteiger partial charge in [0.2, 0.25) is 0 Å². The maximum absolute atomic E-state index is 11.5. The van der Waals surface area contributed by atoms with Gasteiger partial charge in [-0.05, 0) is 18.2 Å². The highest BCUT2D eigenvalue weighted by molar-refractivity contribution is 6.35. The van der Waals surface area contributed by atoms with Gasteiger partial charge in [0, 0.05) is 29.4 Å². The van der Waals surface area contributed by atoms with Gasteiger partial charge in [0.25, 0.3) is 0 Å². The van der Waals surface area contributed by atoms with Crippen LogP contribution in [-0.4, -0.2) is 37.5 Å². The molecule has 0 saturated heterocycles. The minimum absolute atomic E-state index is 0.0912. The second kappa shape index (κ2) is 7.43. The van der Waals surface area contributed by atoms with Crippen LogP contribution >= 0.6 is 23.2 Å². The molecule has 7 heteroatoms. The van der Waals surface area contributed by atoms with E-state index < -0.39 is 12.1 Å². The number of aliphatic hydroxyl groups is 1. The average Bonchev–Trinajstić information content (AvgIpc) is 2.25. The van der Waals surface area contributed by atoms with Crippen LogP contribution in [0.2, 0.25) is 10.0 Å². The lowest BCUT2D eigenvalue weighted by molar-refractivity contribution is 0.0663. The summed E-state index contributed by atoms with van der Waals surface area (Å²) in [4.78, 5) is 11.5. The van der Waals surface area contributed by atoms with E-state index in [-0.39, 0.29) is 13.2 Å². The number of benzene rings is 1. The van der Waals surface area contributed by atoms with Crippen molar-refractivity contribution in [1.82, 2.24) is 5.32 Å². The number of aliphatic hydroxyl groups excluding tert-OH is 1. The van der Waals surface area contributed by atoms with E-state index in [4.69, 9.17) is 27.9 Å². The molecular weight excluding hydrogens is 279 g/mol. The first-order chi connectivity index (χ1) is 8.51. The summed E-state index contributed by atoms with van der Waals surface area (Å²) in [6.45, 7) is 0.247. The van der Waals surface area contributed by atoms with Crippen LogP contribution in [0, 0.1) is 0 Å². The molecule has 2 amide bonds. The summed E-state index contributed by atoms with van der Waals surface area (Å²) in [5.74, 6) is 0. The van der Waals surface area contributed by atoms with Gasteiger partial charge >= 0.3 is 6.03 Å². The number of amides is 2. The van der Waals surface area contributed by atoms with Crippen molar-refractivity contribution in [3.63, 3.8) is 0 Å². The summed E-state index contributed by atoms with van der Waals surface area (Å²) in [7, 11) is 1.47. The first-order valence-corrected chi connectivity index (χ1v) is 5.95. The second-order valence-electron chi connectivity index (χ2n) is 3.60. The monoisotopic (exact) mass is 292 g/mol. The van der Waals surface area contributed by atoms with Gasteiger partial charge in [0.15, 0.2) is 0 Å². The minimum Gasteiger partial charge on any atom is -0.389 e. The van der Waals surface area contributed by atoms with Gasteiger partial charge in [-0.2, -0.15) is 0 Å². The number of nitrogens with one attached hydrogen (secondary N) is 2. The molecular formula is C11H14Cl2N2O3. The fourth-order valence-electron chi connectivity index (χ4n) is 1.26. The van der Waals surface area contributed by atoms with Gasteiger partial charge in [-0.25, -0.2) is 4.79 Å². The Morgan fingerprint density at radius 1 is 1.39 bits per heavy atom. The van der Waals surface area contributed by atoms with Gasteiger partial charge in [0.05, 0.1) is 12.7 Å². The van der Waals surface area contributed by atoms with Crippen LogP contribution in [0.3, 0.4) is 0 Å². The van der Waals surface area contributed by atoms with E-state index >= 15 is 0 Å². The maximum atomic E-state index is 11.5. The summed E-state index contributed by atoms with van der Waals surface area (Å²) in [6, 6.07) is 4.25. The lowest BCUT2D eigenvalue weighted by Crippen LogP contribution is -2.36. The Kier molecular flexibility index (Phi) is 6.21. The molecule has 0 spiro atoms. The molecule has 0 aliphatic heterocycles. The van der Waals surface area contributed by atoms with Gasteiger partial charge < -0.3 is 20.5 Å². The molecule has 100 valence electrons. The number of halogens is 2. The lowest BCUT2D eigenvalue weighted by atomic mass is 10.3. The van der Waals surface area contributed by atoms with Gasteiger partial charge in [-0.15, -0.1) is 0 Å². The molecule has 18 heavy (non-hydrogen) atoms. The molecule has 0 saturated carbocycles. The van der Waals surface area contributed by atoms with Crippen LogP contribution in [0.25, 0.3) is 0 Å². The Morgan fingerprint density at radius 3 is 2.56 bits per heavy atom. The molecule has 3 N–H and O–H groups in total. The number of methoxy groups -OCH3 is 1. The van der Waals surface area contributed by atoms with Crippen LogP contribution < -0.4 is 10.6 Å². The number of carbonyl (C=O) groups is 1. The molecule has 1 unspecified atom stereocenters. The highest BCUT2D eigenvalue weighted by Crippen LogP contribution is 2.22. The fraction of sp³-hybridized carbons (Fsp3) is 0.364. The lowest BCUT2D eigenvalue weighted by Gasteiger charge is -2.12. The third kappa shape index (κ3) is 5.55. The molecule has 0 radical (unpaired) electrons. The Balaban J connectivity index is 2.44. The zero-order valence-corrected chi connectivity index (χ0v) is 11.3. The van der Waals surface area contributed by atoms with Crippen molar-refractivity contribution in [3.8, 4) is 0 Å². The third-order valence-corrected chi connectivity index (χ3v) is 2.41. The molecule has 0 aliphatic rings. The quantitative estimate of drug-likeness (QED) is 0.778. The number of anilines is 1. The number of rotatable bonds is 5. The number of urea groups is 1. The zero-order valence-electron chi connectivity index (χ0n) is 9.74. The molecule has 0 aliphatic carbocycles. The Morgan fingerprint density at radius 2 is 2.00 bits per heavy atom. The smallest absolute Gasteiger partial charge is 0.319 e. The third-order valence-electron chi connectivity index (χ3n) is 1.98. The first kappa shape index (κ1) is 15.0. The largest absolute Gasteiger partial charge is 0.389 e. The van der Waals surface area contributed by atoms with E-state index in [0.29, 0.717) is 15.7 Å². The summed E-state index contributed by atoms with van der Waals surface area (Å²) in [5.41, 5.74) is 0.478. The summed E-state index contributed by atoms with van der Waals surface area (Å²) >= 11 is 11.6. The van der Waals surface area contributed by atoms with E-state index in [0.717, 1.165) is 0 Å². The highest BCUT2D eigenvalue weighted by atomic mass is 35.5. The van der Waals surface area contributed by atoms with Crippen LogP contribution in [0.1, 0.15) is 0 Å². The molecule has 0 fully saturated rings. The maximum Gasteiger partial charge on any atom is 0.319 e. The standard InChI is InChI=1S/C11H14Cl2N2O3/c1-18-6-10(16)5-14-11(17)15-9-3-7(12)2-8(13)4-9/h2-4,10,16H,5-6H2,1H3,(H2,14,15,17). The molecule has 1 aromatic rings. The molecule has 0 bridgehead atoms. The Hall–Kier alpha value is -1.01. The van der Waals surface area contributed by atoms with E-state index in [1.807, 2.05) is 0 Å². The van der Waals surface area contributed by atoms with Gasteiger partial charge in [0.1, 0.15) is 0 Å². The minimum atomic E-state index is -0.747. The fourth-order valence-corrected chi connectivity index (χ4v) is 1.79. The molecule has 1 atom stereocenters. The number of carbonyl (C=O) groups excluding carboxylic acids is 1. The second-order valence-corrected chi connectivity index (χ2v) is 4.48. The van der Waals surface area contributed by atoms with E-state index in [1.54, 1.807) is 18.2 Å². The summed E-state index contributed by atoms with van der Waals surface area (Å²) < 4.78 is 4.73. The average molecular weight is 293 g/mol. The van der Waals surface area contributed by atoms with Crippen molar-refractivity contribution in [3.05, 3.63) is 28.2 Å². The Bertz CT molecular complexity index is 395. The van der Waals surface area contributed by atoms with Crippen molar-refractivity contribution in [2.75, 3.05) is 25.6 Å². The predicted molar refractivity (Wildman–Crippen MR) is 71.4 cm³/mol. The van der Waals surface area contributed by atoms with Crippen LogP contribution in [-0.2, 0) is 4.74 Å². The van der Waals surface area contributed by atoms with Crippen LogP contribution in [0.15, 0.2) is 18.2 Å². The molecule has 1 rings (SSSR count). The number of hydrogen-bond acceptors (Lipinski definition) is 3. The first-order valence-electron chi connectivity index (χ1n) is 5.19. The highest BCUT2D eigenvalue weighted by Gasteiger charge is 2.07. The molecule has 0 aromatic heterocycles. The Labute approximate surface area is 115 Å². The molecule has 1 aromatic carbocycles.